The molecule has 1 aliphatic carbocycles. The molecule has 0 heterocycles. The number of rotatable bonds is 6. The zero-order valence-corrected chi connectivity index (χ0v) is 17.0. The van der Waals surface area contributed by atoms with Crippen LogP contribution in [0.2, 0.25) is 0 Å². The molecule has 0 atom stereocenters. The molecule has 0 aromatic heterocycles. The number of hydrogen-bond acceptors (Lipinski definition) is 5. The highest BCUT2D eigenvalue weighted by Gasteiger charge is 2.12. The fraction of sp³-hybridized carbons (Fsp3) is 0.300. The van der Waals surface area contributed by atoms with Crippen molar-refractivity contribution in [3.05, 3.63) is 67.7 Å². The van der Waals surface area contributed by atoms with Crippen LogP contribution in [0.5, 0.6) is 5.75 Å². The molecule has 2 aromatic rings. The van der Waals surface area contributed by atoms with Gasteiger partial charge in [-0.1, -0.05) is 12.1 Å². The van der Waals surface area contributed by atoms with Crippen molar-refractivity contribution in [1.29, 1.82) is 0 Å². The van der Waals surface area contributed by atoms with Crippen LogP contribution in [-0.2, 0) is 17.6 Å². The number of nitro groups is 1. The van der Waals surface area contributed by atoms with Crippen LogP contribution in [0.3, 0.4) is 0 Å². The fourth-order valence-electron chi connectivity index (χ4n) is 3.07. The van der Waals surface area contributed by atoms with E-state index in [1.165, 1.54) is 42.2 Å². The van der Waals surface area contributed by atoms with Crippen LogP contribution in [0.15, 0.2) is 46.0 Å². The number of nitrogens with one attached hydrogen (secondary N) is 1. The number of nitrogens with zero attached hydrogens (tertiary/aromatic N) is 2. The molecule has 0 bridgehead atoms. The molecule has 0 spiro atoms. The summed E-state index contributed by atoms with van der Waals surface area (Å²) in [5.41, 5.74) is 6.88. The van der Waals surface area contributed by atoms with Crippen LogP contribution in [0.25, 0.3) is 0 Å². The average Bonchev–Trinajstić information content (AvgIpc) is 2.70. The number of aryl methyl sites for hydroxylation is 2. The number of nitro benzene ring substituents is 1. The van der Waals surface area contributed by atoms with Gasteiger partial charge >= 0.3 is 0 Å². The Bertz CT molecular complexity index is 943. The Morgan fingerprint density at radius 3 is 2.68 bits per heavy atom. The van der Waals surface area contributed by atoms with Gasteiger partial charge in [0.05, 0.1) is 15.1 Å². The summed E-state index contributed by atoms with van der Waals surface area (Å²) in [6.07, 6.45) is 4.65. The van der Waals surface area contributed by atoms with E-state index in [4.69, 9.17) is 4.74 Å². The van der Waals surface area contributed by atoms with Gasteiger partial charge in [-0.05, 0) is 77.4 Å². The zero-order chi connectivity index (χ0) is 20.1. The number of hydrazone groups is 1. The molecule has 8 heteroatoms. The molecule has 0 saturated heterocycles. The molecule has 0 radical (unpaired) electrons. The Morgan fingerprint density at radius 2 is 1.96 bits per heavy atom. The van der Waals surface area contributed by atoms with Gasteiger partial charge in [-0.25, -0.2) is 5.43 Å². The Balaban J connectivity index is 1.57. The highest BCUT2D eigenvalue weighted by Crippen LogP contribution is 2.29. The fourth-order valence-corrected chi connectivity index (χ4v) is 3.55. The van der Waals surface area contributed by atoms with Crippen molar-refractivity contribution in [1.82, 2.24) is 5.43 Å². The average molecular weight is 446 g/mol. The van der Waals surface area contributed by atoms with Crippen molar-refractivity contribution < 1.29 is 14.5 Å². The van der Waals surface area contributed by atoms with E-state index in [1.54, 1.807) is 0 Å². The minimum absolute atomic E-state index is 0.0612. The first kappa shape index (κ1) is 20.0. The van der Waals surface area contributed by atoms with Crippen LogP contribution < -0.4 is 10.2 Å². The molecule has 1 amide bonds. The second-order valence-electron chi connectivity index (χ2n) is 6.58. The van der Waals surface area contributed by atoms with Gasteiger partial charge in [-0.15, -0.1) is 0 Å². The third kappa shape index (κ3) is 4.95. The smallest absolute Gasteiger partial charge is 0.277 e. The van der Waals surface area contributed by atoms with Gasteiger partial charge in [0.25, 0.3) is 11.6 Å². The summed E-state index contributed by atoms with van der Waals surface area (Å²) in [6, 6.07) is 10.4. The number of carbonyl (C=O) groups excluding carboxylic acids is 1. The second-order valence-corrected chi connectivity index (χ2v) is 7.44. The van der Waals surface area contributed by atoms with E-state index in [2.05, 4.69) is 38.6 Å². The molecular weight excluding hydrogens is 426 g/mol. The lowest BCUT2D eigenvalue weighted by Gasteiger charge is -2.16. The molecule has 0 aliphatic heterocycles. The first-order valence-corrected chi connectivity index (χ1v) is 9.75. The van der Waals surface area contributed by atoms with Gasteiger partial charge in [-0.3, -0.25) is 14.9 Å². The van der Waals surface area contributed by atoms with Crippen LogP contribution in [0.4, 0.5) is 5.69 Å². The minimum Gasteiger partial charge on any atom is -0.483 e. The highest BCUT2D eigenvalue weighted by atomic mass is 79.9. The van der Waals surface area contributed by atoms with Crippen LogP contribution in [0, 0.1) is 10.1 Å². The summed E-state index contributed by atoms with van der Waals surface area (Å²) >= 11 is 3.20. The minimum atomic E-state index is -0.501. The third-order valence-electron chi connectivity index (χ3n) is 4.60. The summed E-state index contributed by atoms with van der Waals surface area (Å²) in [7, 11) is 0. The second kappa shape index (κ2) is 8.97. The zero-order valence-electron chi connectivity index (χ0n) is 15.4. The predicted molar refractivity (Wildman–Crippen MR) is 110 cm³/mol. The number of amides is 1. The quantitative estimate of drug-likeness (QED) is 0.410. The van der Waals surface area contributed by atoms with Crippen molar-refractivity contribution in [3.8, 4) is 5.75 Å². The van der Waals surface area contributed by atoms with Gasteiger partial charge in [0, 0.05) is 12.1 Å². The number of benzene rings is 2. The Hall–Kier alpha value is -2.74. The number of hydrogen-bond donors (Lipinski definition) is 1. The predicted octanol–water partition coefficient (Wildman–Crippen LogP) is 4.16. The monoisotopic (exact) mass is 445 g/mol. The van der Waals surface area contributed by atoms with E-state index in [0.717, 1.165) is 24.1 Å². The van der Waals surface area contributed by atoms with Crippen LogP contribution in [0.1, 0.15) is 36.5 Å². The van der Waals surface area contributed by atoms with E-state index >= 15 is 0 Å². The summed E-state index contributed by atoms with van der Waals surface area (Å²) in [6.45, 7) is 1.59. The molecule has 7 nitrogen and oxygen atoms in total. The molecule has 1 aliphatic rings. The number of fused-ring (bicyclic) bond motifs is 1. The van der Waals surface area contributed by atoms with Crippen molar-refractivity contribution >= 4 is 33.2 Å². The molecule has 0 saturated carbocycles. The molecule has 146 valence electrons. The van der Waals surface area contributed by atoms with Crippen LogP contribution >= 0.6 is 15.9 Å². The molecule has 28 heavy (non-hydrogen) atoms. The summed E-state index contributed by atoms with van der Waals surface area (Å²) in [5, 5.41) is 14.9. The lowest BCUT2D eigenvalue weighted by atomic mass is 9.90. The molecule has 3 rings (SSSR count). The van der Waals surface area contributed by atoms with Gasteiger partial charge in [0.2, 0.25) is 0 Å². The molecule has 1 N–H and O–H groups in total. The largest absolute Gasteiger partial charge is 0.483 e. The van der Waals surface area contributed by atoms with Crippen molar-refractivity contribution in [3.63, 3.8) is 0 Å². The van der Waals surface area contributed by atoms with E-state index in [-0.39, 0.29) is 12.3 Å². The summed E-state index contributed by atoms with van der Waals surface area (Å²) < 4.78 is 5.80. The van der Waals surface area contributed by atoms with E-state index < -0.39 is 10.8 Å². The van der Waals surface area contributed by atoms with Crippen molar-refractivity contribution in [2.24, 2.45) is 5.10 Å². The molecular formula is C20H20BrN3O4. The Morgan fingerprint density at radius 1 is 1.21 bits per heavy atom. The Kier molecular flexibility index (Phi) is 6.41. The third-order valence-corrected chi connectivity index (χ3v) is 5.22. The normalized spacial score (nSPS) is 13.6. The van der Waals surface area contributed by atoms with E-state index in [9.17, 15) is 14.9 Å². The number of ether oxygens (including phenoxy) is 1. The first-order valence-electron chi connectivity index (χ1n) is 8.96. The lowest BCUT2D eigenvalue weighted by molar-refractivity contribution is -0.384. The van der Waals surface area contributed by atoms with Gasteiger partial charge < -0.3 is 4.74 Å². The number of halogens is 1. The van der Waals surface area contributed by atoms with E-state index in [0.29, 0.717) is 10.2 Å². The standard InChI is InChI=1S/C20H20BrN3O4/c1-13(15-7-6-14-4-2-3-5-16(14)10-15)22-23-20(25)12-28-19-9-8-17(24(26)27)11-18(19)21/h6-11H,2-5,12H2,1H3,(H,23,25)/b22-13-. The maximum atomic E-state index is 12.0. The summed E-state index contributed by atoms with van der Waals surface area (Å²) in [5.74, 6) is -0.0706. The van der Waals surface area contributed by atoms with Gasteiger partial charge in [0.15, 0.2) is 6.61 Å². The van der Waals surface area contributed by atoms with Gasteiger partial charge in [0.1, 0.15) is 5.75 Å². The summed E-state index contributed by atoms with van der Waals surface area (Å²) in [4.78, 5) is 22.2. The van der Waals surface area contributed by atoms with Crippen LogP contribution in [-0.4, -0.2) is 23.1 Å². The highest BCUT2D eigenvalue weighted by molar-refractivity contribution is 9.10. The van der Waals surface area contributed by atoms with Crippen molar-refractivity contribution in [2.75, 3.05) is 6.61 Å². The molecule has 0 unspecified atom stereocenters. The Labute approximate surface area is 171 Å². The first-order chi connectivity index (χ1) is 13.4. The number of carbonyl (C=O) groups is 1. The topological polar surface area (TPSA) is 93.8 Å². The molecule has 2 aromatic carbocycles. The van der Waals surface area contributed by atoms with Crippen molar-refractivity contribution in [2.45, 2.75) is 32.6 Å². The maximum absolute atomic E-state index is 12.0. The maximum Gasteiger partial charge on any atom is 0.277 e. The lowest BCUT2D eigenvalue weighted by Crippen LogP contribution is -2.25. The van der Waals surface area contributed by atoms with Gasteiger partial charge in [-0.2, -0.15) is 5.10 Å². The number of non-ortho nitro benzene ring substituents is 1. The molecule has 0 fully saturated rings. The van der Waals surface area contributed by atoms with E-state index in [1.807, 2.05) is 13.0 Å². The SMILES string of the molecule is C/C(=N/NC(=O)COc1ccc([N+](=O)[O-])cc1Br)c1ccc2c(c1)CCCC2.